The second kappa shape index (κ2) is 12.8. The Kier molecular flexibility index (Phi) is 9.24. The average Bonchev–Trinajstić information content (AvgIpc) is 3.47. The van der Waals surface area contributed by atoms with Gasteiger partial charge in [-0.2, -0.15) is 0 Å². The zero-order valence-electron chi connectivity index (χ0n) is 24.4. The van der Waals surface area contributed by atoms with Crippen LogP contribution in [0.3, 0.4) is 0 Å². The van der Waals surface area contributed by atoms with Crippen LogP contribution in [0, 0.1) is 17.8 Å². The molecule has 1 aromatic rings. The lowest BCUT2D eigenvalue weighted by Gasteiger charge is -2.42. The predicted molar refractivity (Wildman–Crippen MR) is 154 cm³/mol. The molecule has 0 spiro atoms. The number of ether oxygens (including phenoxy) is 2. The highest BCUT2D eigenvalue weighted by atomic mass is 16.5. The summed E-state index contributed by atoms with van der Waals surface area (Å²) >= 11 is 0. The topological polar surface area (TPSA) is 147 Å². The number of amidine groups is 2. The molecule has 40 heavy (non-hydrogen) atoms. The maximum Gasteiger partial charge on any atom is 0.439 e. The van der Waals surface area contributed by atoms with Gasteiger partial charge in [-0.1, -0.05) is 31.3 Å². The first-order chi connectivity index (χ1) is 19.3. The first-order valence-electron chi connectivity index (χ1n) is 15.0. The van der Waals surface area contributed by atoms with Gasteiger partial charge in [0.1, 0.15) is 6.04 Å². The lowest BCUT2D eigenvalue weighted by atomic mass is 9.80. The minimum atomic E-state index is -0.668. The van der Waals surface area contributed by atoms with E-state index in [-0.39, 0.29) is 35.8 Å². The van der Waals surface area contributed by atoms with Crippen molar-refractivity contribution in [2.75, 3.05) is 40.0 Å². The summed E-state index contributed by atoms with van der Waals surface area (Å²) in [7, 11) is 1.73. The van der Waals surface area contributed by atoms with Crippen LogP contribution >= 0.6 is 0 Å². The fourth-order valence-electron chi connectivity index (χ4n) is 6.46. The van der Waals surface area contributed by atoms with E-state index >= 15 is 0 Å². The van der Waals surface area contributed by atoms with Gasteiger partial charge < -0.3 is 25.0 Å². The van der Waals surface area contributed by atoms with Gasteiger partial charge in [0.2, 0.25) is 5.82 Å². The number of morpholine rings is 1. The van der Waals surface area contributed by atoms with Gasteiger partial charge in [0.25, 0.3) is 0 Å². The highest BCUT2D eigenvalue weighted by molar-refractivity contribution is 6.06. The minimum absolute atomic E-state index is 0.0837. The van der Waals surface area contributed by atoms with Gasteiger partial charge in [0.15, 0.2) is 17.6 Å². The van der Waals surface area contributed by atoms with E-state index in [1.807, 2.05) is 0 Å². The minimum Gasteiger partial charge on any atom is -0.382 e. The van der Waals surface area contributed by atoms with Crippen LogP contribution in [0.25, 0.3) is 0 Å². The van der Waals surface area contributed by atoms with Crippen LogP contribution < -0.4 is 11.5 Å². The Morgan fingerprint density at radius 2 is 2.00 bits per heavy atom. The smallest absolute Gasteiger partial charge is 0.382 e. The molecule has 0 amide bonds. The highest BCUT2D eigenvalue weighted by Gasteiger charge is 2.43. The molecule has 12 nitrogen and oxygen atoms in total. The van der Waals surface area contributed by atoms with E-state index in [4.69, 9.17) is 34.7 Å². The van der Waals surface area contributed by atoms with Crippen molar-refractivity contribution in [3.8, 4) is 0 Å². The third kappa shape index (κ3) is 6.43. The van der Waals surface area contributed by atoms with E-state index in [0.717, 1.165) is 25.0 Å². The van der Waals surface area contributed by atoms with Crippen molar-refractivity contribution in [1.29, 1.82) is 0 Å². The first-order valence-corrected chi connectivity index (χ1v) is 15.0. The number of rotatable bonds is 8. The van der Waals surface area contributed by atoms with Crippen LogP contribution in [0.15, 0.2) is 24.3 Å². The zero-order chi connectivity index (χ0) is 28.2. The normalized spacial score (nSPS) is 31.3. The molecular formula is C28H46N8O4. The van der Waals surface area contributed by atoms with Crippen LogP contribution in [0.4, 0.5) is 0 Å². The standard InChI is InChI=1S/C28H46N8O4/c1-17-8-10-20(11-9-17)14-36-23(19(3)31-27(36)35-12-13-39-16-22(35)15-38-4)25(30-18(2)21-6-5-7-21)32-24(29)26-33-28(37)40-34-26/h17-23H,5-16H2,1-4H3,(H2,29,30,32)(H,33,34,37). The molecule has 4 atom stereocenters. The van der Waals surface area contributed by atoms with Crippen molar-refractivity contribution < 1.29 is 14.0 Å². The van der Waals surface area contributed by atoms with E-state index < -0.39 is 5.76 Å². The van der Waals surface area contributed by atoms with Gasteiger partial charge in [0.05, 0.1) is 37.9 Å². The number of hydrogen-bond donors (Lipinski definition) is 2. The Hall–Kier alpha value is -2.73. The molecule has 2 saturated carbocycles. The van der Waals surface area contributed by atoms with Crippen molar-refractivity contribution in [1.82, 2.24) is 19.9 Å². The van der Waals surface area contributed by atoms with Crippen molar-refractivity contribution in [3.05, 3.63) is 16.4 Å². The van der Waals surface area contributed by atoms with Crippen LogP contribution in [0.2, 0.25) is 0 Å². The van der Waals surface area contributed by atoms with Crippen LogP contribution in [0.5, 0.6) is 0 Å². The lowest BCUT2D eigenvalue weighted by molar-refractivity contribution is -0.00959. The summed E-state index contributed by atoms with van der Waals surface area (Å²) in [6.07, 6.45) is 8.49. The molecule has 0 aromatic carbocycles. The lowest BCUT2D eigenvalue weighted by Crippen LogP contribution is -2.58. The van der Waals surface area contributed by atoms with Crippen molar-refractivity contribution in [2.24, 2.45) is 38.5 Å². The Balaban J connectivity index is 1.51. The maximum atomic E-state index is 11.6. The first kappa shape index (κ1) is 28.8. The molecule has 5 rings (SSSR count). The summed E-state index contributed by atoms with van der Waals surface area (Å²) in [5.74, 6) is 3.00. The molecule has 4 aliphatic rings. The number of aliphatic imine (C=N–C) groups is 3. The largest absolute Gasteiger partial charge is 0.439 e. The molecule has 0 bridgehead atoms. The van der Waals surface area contributed by atoms with Crippen molar-refractivity contribution >= 4 is 17.6 Å². The summed E-state index contributed by atoms with van der Waals surface area (Å²) in [4.78, 5) is 34.2. The molecule has 1 saturated heterocycles. The molecule has 0 radical (unpaired) electrons. The number of hydrogen-bond acceptors (Lipinski definition) is 9. The molecule has 3 heterocycles. The van der Waals surface area contributed by atoms with Gasteiger partial charge >= 0.3 is 5.76 Å². The summed E-state index contributed by atoms with van der Waals surface area (Å²) in [5, 5.41) is 3.76. The van der Waals surface area contributed by atoms with E-state index in [1.54, 1.807) is 7.11 Å². The van der Waals surface area contributed by atoms with E-state index in [0.29, 0.717) is 37.5 Å². The summed E-state index contributed by atoms with van der Waals surface area (Å²) < 4.78 is 16.1. The Bertz CT molecular complexity index is 1130. The van der Waals surface area contributed by atoms with E-state index in [2.05, 4.69) is 40.7 Å². The van der Waals surface area contributed by atoms with Crippen molar-refractivity contribution in [3.63, 3.8) is 0 Å². The summed E-state index contributed by atoms with van der Waals surface area (Å²) in [5.41, 5.74) is 6.38. The number of aromatic nitrogens is 2. The van der Waals surface area contributed by atoms with E-state index in [1.165, 1.54) is 44.9 Å². The molecule has 3 N–H and O–H groups in total. The number of nitrogens with one attached hydrogen (secondary N) is 1. The van der Waals surface area contributed by atoms with Crippen molar-refractivity contribution in [2.45, 2.75) is 89.9 Å². The fourth-order valence-corrected chi connectivity index (χ4v) is 6.46. The van der Waals surface area contributed by atoms with Gasteiger partial charge in [-0.05, 0) is 57.3 Å². The number of nitrogens with two attached hydrogens (primary N) is 1. The van der Waals surface area contributed by atoms with Crippen LogP contribution in [-0.2, 0) is 9.47 Å². The number of aromatic amines is 1. The van der Waals surface area contributed by atoms with Gasteiger partial charge in [-0.25, -0.2) is 14.8 Å². The van der Waals surface area contributed by atoms with E-state index in [9.17, 15) is 4.79 Å². The monoisotopic (exact) mass is 558 g/mol. The molecule has 2 aliphatic heterocycles. The molecule has 12 heteroatoms. The Labute approximate surface area is 236 Å². The van der Waals surface area contributed by atoms with Gasteiger partial charge in [-0.3, -0.25) is 14.5 Å². The number of nitrogens with zero attached hydrogens (tertiary/aromatic N) is 6. The van der Waals surface area contributed by atoms with Gasteiger partial charge in [-0.15, -0.1) is 0 Å². The number of guanidine groups is 1. The fraction of sp³-hybridized carbons (Fsp3) is 0.821. The summed E-state index contributed by atoms with van der Waals surface area (Å²) in [6, 6.07) is -0.0980. The maximum absolute atomic E-state index is 11.6. The molecule has 222 valence electrons. The molecule has 3 fully saturated rings. The quantitative estimate of drug-likeness (QED) is 0.365. The molecule has 4 unspecified atom stereocenters. The predicted octanol–water partition coefficient (Wildman–Crippen LogP) is 2.26. The second-order valence-electron chi connectivity index (χ2n) is 12.1. The Morgan fingerprint density at radius 1 is 1.23 bits per heavy atom. The zero-order valence-corrected chi connectivity index (χ0v) is 24.4. The SMILES string of the molecule is COCC1COCCN1C1=NC(C)C(C(N=C(N)c2noc(=O)[nH]2)=NC(C)C2CCC2)N1CC1CCC(C)CC1. The third-order valence-electron chi connectivity index (χ3n) is 9.15. The number of methoxy groups -OCH3 is 1. The highest BCUT2D eigenvalue weighted by Crippen LogP contribution is 2.34. The molecule has 2 aliphatic carbocycles. The Morgan fingerprint density at radius 3 is 2.65 bits per heavy atom. The van der Waals surface area contributed by atoms with Crippen LogP contribution in [-0.4, -0.2) is 102 Å². The second-order valence-corrected chi connectivity index (χ2v) is 12.1. The third-order valence-corrected chi connectivity index (χ3v) is 9.15. The molecule has 1 aromatic heterocycles. The summed E-state index contributed by atoms with van der Waals surface area (Å²) in [6.45, 7) is 10.1. The van der Waals surface area contributed by atoms with Crippen LogP contribution in [0.1, 0.15) is 71.5 Å². The van der Waals surface area contributed by atoms with Gasteiger partial charge in [0, 0.05) is 20.2 Å². The molecular weight excluding hydrogens is 512 g/mol. The average molecular weight is 559 g/mol. The number of H-pyrrole nitrogens is 1.